The second kappa shape index (κ2) is 4.03. The van der Waals surface area contributed by atoms with Gasteiger partial charge in [0.15, 0.2) is 5.13 Å². The Morgan fingerprint density at radius 3 is 2.71 bits per heavy atom. The molecule has 0 aliphatic carbocycles. The number of hydrogen-bond donors (Lipinski definition) is 1. The van der Waals surface area contributed by atoms with Crippen LogP contribution in [0.3, 0.4) is 0 Å². The molecular formula is C12H10N4S. The molecule has 0 fully saturated rings. The molecule has 0 bridgehead atoms. The predicted octanol–water partition coefficient (Wildman–Crippen LogP) is 2.58. The first-order valence-electron chi connectivity index (χ1n) is 5.14. The van der Waals surface area contributed by atoms with Crippen LogP contribution in [0.4, 0.5) is 5.00 Å². The van der Waals surface area contributed by atoms with Gasteiger partial charge in [-0.15, -0.1) is 0 Å². The van der Waals surface area contributed by atoms with Gasteiger partial charge < -0.3 is 5.73 Å². The fourth-order valence-electron chi connectivity index (χ4n) is 1.61. The third-order valence-electron chi connectivity index (χ3n) is 2.41. The minimum absolute atomic E-state index is 0.722. The number of benzene rings is 1. The van der Waals surface area contributed by atoms with E-state index in [4.69, 9.17) is 5.73 Å². The summed E-state index contributed by atoms with van der Waals surface area (Å²) in [5.41, 5.74) is 7.87. The summed E-state index contributed by atoms with van der Waals surface area (Å²) in [5.74, 6) is 0. The number of nitrogen functional groups attached to an aromatic ring is 1. The van der Waals surface area contributed by atoms with E-state index in [2.05, 4.69) is 9.97 Å². The first kappa shape index (κ1) is 10.0. The average Bonchev–Trinajstić information content (AvgIpc) is 2.99. The van der Waals surface area contributed by atoms with Crippen LogP contribution in [0.15, 0.2) is 49.1 Å². The standard InChI is InChI=1S/C12H10N4S/c13-11-10(9-4-2-1-3-5-9)15-12(17-11)16-7-6-14-8-16/h1-8H,13H2. The SMILES string of the molecule is Nc1sc(-n2ccnc2)nc1-c1ccccc1. The van der Waals surface area contributed by atoms with Crippen LogP contribution in [0.2, 0.25) is 0 Å². The molecule has 0 amide bonds. The molecule has 84 valence electrons. The molecule has 1 aromatic carbocycles. The lowest BCUT2D eigenvalue weighted by molar-refractivity contribution is 1.03. The highest BCUT2D eigenvalue weighted by Crippen LogP contribution is 2.31. The van der Waals surface area contributed by atoms with Crippen LogP contribution in [-0.4, -0.2) is 14.5 Å². The van der Waals surface area contributed by atoms with Crippen molar-refractivity contribution in [2.75, 3.05) is 5.73 Å². The van der Waals surface area contributed by atoms with Gasteiger partial charge in [0.25, 0.3) is 0 Å². The van der Waals surface area contributed by atoms with Gasteiger partial charge in [-0.05, 0) is 0 Å². The Labute approximate surface area is 102 Å². The van der Waals surface area contributed by atoms with Gasteiger partial charge in [-0.1, -0.05) is 41.7 Å². The highest BCUT2D eigenvalue weighted by atomic mass is 32.1. The zero-order valence-corrected chi connectivity index (χ0v) is 9.76. The topological polar surface area (TPSA) is 56.7 Å². The van der Waals surface area contributed by atoms with Crippen molar-refractivity contribution in [3.8, 4) is 16.4 Å². The van der Waals surface area contributed by atoms with Crippen molar-refractivity contribution in [3.05, 3.63) is 49.1 Å². The zero-order chi connectivity index (χ0) is 11.7. The summed E-state index contributed by atoms with van der Waals surface area (Å²) in [6.45, 7) is 0. The average molecular weight is 242 g/mol. The van der Waals surface area contributed by atoms with Crippen molar-refractivity contribution >= 4 is 16.3 Å². The Kier molecular flexibility index (Phi) is 2.38. The summed E-state index contributed by atoms with van der Waals surface area (Å²) in [6.07, 6.45) is 5.29. The molecule has 2 aromatic heterocycles. The summed E-state index contributed by atoms with van der Waals surface area (Å²) in [6, 6.07) is 9.94. The maximum absolute atomic E-state index is 6.00. The van der Waals surface area contributed by atoms with Crippen molar-refractivity contribution in [2.24, 2.45) is 0 Å². The number of nitrogens with zero attached hydrogens (tertiary/aromatic N) is 3. The molecule has 3 aromatic rings. The maximum atomic E-state index is 6.00. The molecule has 2 heterocycles. The number of rotatable bonds is 2. The van der Waals surface area contributed by atoms with Gasteiger partial charge >= 0.3 is 0 Å². The van der Waals surface area contributed by atoms with E-state index in [0.29, 0.717) is 0 Å². The molecule has 4 nitrogen and oxygen atoms in total. The van der Waals surface area contributed by atoms with Crippen LogP contribution in [0.1, 0.15) is 0 Å². The van der Waals surface area contributed by atoms with Gasteiger partial charge in [-0.3, -0.25) is 4.57 Å². The van der Waals surface area contributed by atoms with E-state index in [-0.39, 0.29) is 0 Å². The lowest BCUT2D eigenvalue weighted by Crippen LogP contribution is -1.88. The summed E-state index contributed by atoms with van der Waals surface area (Å²) in [7, 11) is 0. The molecule has 0 aliphatic heterocycles. The van der Waals surface area contributed by atoms with E-state index in [0.717, 1.165) is 21.4 Å². The molecule has 0 saturated heterocycles. The molecule has 0 aliphatic rings. The van der Waals surface area contributed by atoms with Crippen LogP contribution < -0.4 is 5.73 Å². The van der Waals surface area contributed by atoms with Gasteiger partial charge in [0.1, 0.15) is 17.0 Å². The highest BCUT2D eigenvalue weighted by Gasteiger charge is 2.10. The third kappa shape index (κ3) is 1.81. The van der Waals surface area contributed by atoms with E-state index in [1.54, 1.807) is 12.5 Å². The number of aromatic nitrogens is 3. The monoisotopic (exact) mass is 242 g/mol. The molecule has 0 spiro atoms. The Bertz CT molecular complexity index is 613. The minimum Gasteiger partial charge on any atom is -0.389 e. The van der Waals surface area contributed by atoms with Gasteiger partial charge in [-0.2, -0.15) is 0 Å². The Balaban J connectivity index is 2.08. The second-order valence-corrected chi connectivity index (χ2v) is 4.55. The van der Waals surface area contributed by atoms with E-state index >= 15 is 0 Å². The predicted molar refractivity (Wildman–Crippen MR) is 69.1 cm³/mol. The lowest BCUT2D eigenvalue weighted by atomic mass is 10.2. The molecule has 0 saturated carbocycles. The third-order valence-corrected chi connectivity index (χ3v) is 3.31. The zero-order valence-electron chi connectivity index (χ0n) is 8.95. The molecule has 0 radical (unpaired) electrons. The fraction of sp³-hybridized carbons (Fsp3) is 0. The van der Waals surface area contributed by atoms with Crippen molar-refractivity contribution in [3.63, 3.8) is 0 Å². The largest absolute Gasteiger partial charge is 0.389 e. The number of hydrogen-bond acceptors (Lipinski definition) is 4. The van der Waals surface area contributed by atoms with Crippen LogP contribution >= 0.6 is 11.3 Å². The maximum Gasteiger partial charge on any atom is 0.197 e. The molecule has 0 atom stereocenters. The molecular weight excluding hydrogens is 232 g/mol. The van der Waals surface area contributed by atoms with E-state index in [1.165, 1.54) is 11.3 Å². The smallest absolute Gasteiger partial charge is 0.197 e. The number of anilines is 1. The number of imidazole rings is 1. The summed E-state index contributed by atoms with van der Waals surface area (Å²) in [4.78, 5) is 8.54. The molecule has 17 heavy (non-hydrogen) atoms. The summed E-state index contributed by atoms with van der Waals surface area (Å²) < 4.78 is 1.85. The normalized spacial score (nSPS) is 10.6. The van der Waals surface area contributed by atoms with Crippen LogP contribution in [0.5, 0.6) is 0 Å². The van der Waals surface area contributed by atoms with Crippen LogP contribution in [0, 0.1) is 0 Å². The van der Waals surface area contributed by atoms with Gasteiger partial charge in [-0.25, -0.2) is 9.97 Å². The second-order valence-electron chi connectivity index (χ2n) is 3.55. The van der Waals surface area contributed by atoms with Crippen LogP contribution in [-0.2, 0) is 0 Å². The molecule has 2 N–H and O–H groups in total. The Morgan fingerprint density at radius 2 is 2.00 bits per heavy atom. The number of nitrogens with two attached hydrogens (primary N) is 1. The van der Waals surface area contributed by atoms with Crippen molar-refractivity contribution < 1.29 is 0 Å². The van der Waals surface area contributed by atoms with Crippen molar-refractivity contribution in [2.45, 2.75) is 0 Å². The van der Waals surface area contributed by atoms with E-state index in [9.17, 15) is 0 Å². The van der Waals surface area contributed by atoms with Crippen LogP contribution in [0.25, 0.3) is 16.4 Å². The Hall–Kier alpha value is -2.14. The Morgan fingerprint density at radius 1 is 1.18 bits per heavy atom. The summed E-state index contributed by atoms with van der Waals surface area (Å²) in [5, 5.41) is 1.55. The first-order valence-corrected chi connectivity index (χ1v) is 5.96. The summed E-state index contributed by atoms with van der Waals surface area (Å²) >= 11 is 1.46. The van der Waals surface area contributed by atoms with Gasteiger partial charge in [0.05, 0.1) is 0 Å². The first-order chi connectivity index (χ1) is 8.34. The lowest BCUT2D eigenvalue weighted by Gasteiger charge is -1.96. The van der Waals surface area contributed by atoms with Gasteiger partial charge in [0.2, 0.25) is 0 Å². The highest BCUT2D eigenvalue weighted by molar-refractivity contribution is 7.18. The quantitative estimate of drug-likeness (QED) is 0.751. The van der Waals surface area contributed by atoms with Crippen molar-refractivity contribution in [1.82, 2.24) is 14.5 Å². The fourth-order valence-corrected chi connectivity index (χ4v) is 2.41. The van der Waals surface area contributed by atoms with Gasteiger partial charge in [0, 0.05) is 18.0 Å². The number of thiazole rings is 1. The molecule has 0 unspecified atom stereocenters. The van der Waals surface area contributed by atoms with E-state index in [1.807, 2.05) is 41.1 Å². The van der Waals surface area contributed by atoms with E-state index < -0.39 is 0 Å². The molecule has 5 heteroatoms. The minimum atomic E-state index is 0.722. The van der Waals surface area contributed by atoms with Crippen molar-refractivity contribution in [1.29, 1.82) is 0 Å². The molecule has 3 rings (SSSR count).